The smallest absolute Gasteiger partial charge is 0.238 e. The minimum Gasteiger partial charge on any atom is -0.329 e. The highest BCUT2D eigenvalue weighted by Gasteiger charge is 2.28. The Bertz CT molecular complexity index is 489. The van der Waals surface area contributed by atoms with Crippen LogP contribution in [0.1, 0.15) is 19.8 Å². The topological polar surface area (TPSA) is 58.4 Å². The van der Waals surface area contributed by atoms with E-state index < -0.39 is 11.6 Å². The van der Waals surface area contributed by atoms with Gasteiger partial charge in [0.1, 0.15) is 11.6 Å². The van der Waals surface area contributed by atoms with Crippen molar-refractivity contribution in [2.75, 3.05) is 25.0 Å². The average Bonchev–Trinajstić information content (AvgIpc) is 2.37. The van der Waals surface area contributed by atoms with Gasteiger partial charge in [-0.25, -0.2) is 8.78 Å². The van der Waals surface area contributed by atoms with Gasteiger partial charge < -0.3 is 11.1 Å². The zero-order chi connectivity index (χ0) is 15.4. The Kier molecular flexibility index (Phi) is 5.25. The molecule has 0 aliphatic carbocycles. The molecule has 1 aromatic rings. The third-order valence-electron chi connectivity index (χ3n) is 3.97. The lowest BCUT2D eigenvalue weighted by molar-refractivity contribution is -0.118. The molecule has 116 valence electrons. The summed E-state index contributed by atoms with van der Waals surface area (Å²) < 4.78 is 26.2. The first kappa shape index (κ1) is 15.9. The van der Waals surface area contributed by atoms with Gasteiger partial charge in [0, 0.05) is 24.3 Å². The normalized spacial score (nSPS) is 23.0. The van der Waals surface area contributed by atoms with Crippen molar-refractivity contribution >= 4 is 11.6 Å². The van der Waals surface area contributed by atoms with Gasteiger partial charge in [-0.1, -0.05) is 6.92 Å². The number of anilines is 1. The third-order valence-corrected chi connectivity index (χ3v) is 3.97. The lowest BCUT2D eigenvalue weighted by atomic mass is 9.91. The van der Waals surface area contributed by atoms with Crippen molar-refractivity contribution in [2.45, 2.75) is 25.8 Å². The molecule has 1 aliphatic heterocycles. The number of likely N-dealkylation sites (tertiary alicyclic amines) is 1. The number of carbonyl (C=O) groups excluding carboxylic acids is 1. The molecule has 3 N–H and O–H groups in total. The summed E-state index contributed by atoms with van der Waals surface area (Å²) in [7, 11) is 0. The Morgan fingerprint density at radius 1 is 1.38 bits per heavy atom. The SMILES string of the molecule is CC1CCCN(CC(=O)Nc2cc(F)cc(F)c2)C1CN. The highest BCUT2D eigenvalue weighted by molar-refractivity contribution is 5.92. The van der Waals surface area contributed by atoms with Crippen LogP contribution in [-0.2, 0) is 4.79 Å². The number of halogens is 2. The van der Waals surface area contributed by atoms with E-state index in [9.17, 15) is 13.6 Å². The standard InChI is InChI=1S/C15H21F2N3O/c1-10-3-2-4-20(14(10)8-18)9-15(21)19-13-6-11(16)5-12(17)7-13/h5-7,10,14H,2-4,8-9,18H2,1H3,(H,19,21). The molecule has 0 spiro atoms. The maximum Gasteiger partial charge on any atom is 0.238 e. The average molecular weight is 297 g/mol. The van der Waals surface area contributed by atoms with Crippen molar-refractivity contribution < 1.29 is 13.6 Å². The first-order valence-electron chi connectivity index (χ1n) is 7.19. The molecule has 0 saturated carbocycles. The van der Waals surface area contributed by atoms with Gasteiger partial charge in [0.2, 0.25) is 5.91 Å². The highest BCUT2D eigenvalue weighted by atomic mass is 19.1. The van der Waals surface area contributed by atoms with E-state index in [0.717, 1.165) is 37.6 Å². The molecule has 21 heavy (non-hydrogen) atoms. The summed E-state index contributed by atoms with van der Waals surface area (Å²) in [6, 6.07) is 3.14. The van der Waals surface area contributed by atoms with Crippen LogP contribution in [0, 0.1) is 17.6 Å². The fourth-order valence-corrected chi connectivity index (χ4v) is 2.92. The molecule has 0 radical (unpaired) electrons. The summed E-state index contributed by atoms with van der Waals surface area (Å²) in [4.78, 5) is 14.1. The van der Waals surface area contributed by atoms with Gasteiger partial charge in [-0.15, -0.1) is 0 Å². The van der Waals surface area contributed by atoms with E-state index in [1.165, 1.54) is 0 Å². The largest absolute Gasteiger partial charge is 0.329 e. The monoisotopic (exact) mass is 297 g/mol. The summed E-state index contributed by atoms with van der Waals surface area (Å²) >= 11 is 0. The van der Waals surface area contributed by atoms with Crippen LogP contribution in [0.4, 0.5) is 14.5 Å². The van der Waals surface area contributed by atoms with E-state index in [4.69, 9.17) is 5.73 Å². The molecule has 2 rings (SSSR count). The van der Waals surface area contributed by atoms with Gasteiger partial charge in [0.25, 0.3) is 0 Å². The zero-order valence-corrected chi connectivity index (χ0v) is 12.1. The number of carbonyl (C=O) groups is 1. The number of hydrogen-bond donors (Lipinski definition) is 2. The molecular formula is C15H21F2N3O. The van der Waals surface area contributed by atoms with Crippen LogP contribution in [-0.4, -0.2) is 36.5 Å². The molecule has 0 aromatic heterocycles. The summed E-state index contributed by atoms with van der Waals surface area (Å²) in [5, 5.41) is 2.53. The molecule has 1 fully saturated rings. The second-order valence-electron chi connectivity index (χ2n) is 5.60. The molecule has 2 atom stereocenters. The Morgan fingerprint density at radius 3 is 2.67 bits per heavy atom. The van der Waals surface area contributed by atoms with Crippen LogP contribution in [0.3, 0.4) is 0 Å². The fourth-order valence-electron chi connectivity index (χ4n) is 2.92. The van der Waals surface area contributed by atoms with E-state index >= 15 is 0 Å². The first-order valence-corrected chi connectivity index (χ1v) is 7.19. The molecular weight excluding hydrogens is 276 g/mol. The molecule has 1 heterocycles. The first-order chi connectivity index (χ1) is 9.99. The zero-order valence-electron chi connectivity index (χ0n) is 12.1. The Hall–Kier alpha value is -1.53. The Balaban J connectivity index is 1.97. The number of rotatable bonds is 4. The van der Waals surface area contributed by atoms with Crippen LogP contribution < -0.4 is 11.1 Å². The second-order valence-corrected chi connectivity index (χ2v) is 5.60. The number of piperidine rings is 1. The number of nitrogens with two attached hydrogens (primary N) is 1. The van der Waals surface area contributed by atoms with E-state index in [2.05, 4.69) is 12.2 Å². The molecule has 1 aliphatic rings. The van der Waals surface area contributed by atoms with Gasteiger partial charge in [0.05, 0.1) is 6.54 Å². The lowest BCUT2D eigenvalue weighted by Crippen LogP contribution is -2.51. The van der Waals surface area contributed by atoms with Crippen LogP contribution >= 0.6 is 0 Å². The number of benzene rings is 1. The number of nitrogens with one attached hydrogen (secondary N) is 1. The van der Waals surface area contributed by atoms with E-state index in [-0.39, 0.29) is 24.2 Å². The van der Waals surface area contributed by atoms with Crippen molar-refractivity contribution in [1.82, 2.24) is 4.90 Å². The van der Waals surface area contributed by atoms with Crippen LogP contribution in [0.15, 0.2) is 18.2 Å². The Labute approximate surface area is 123 Å². The molecule has 6 heteroatoms. The minimum atomic E-state index is -0.711. The lowest BCUT2D eigenvalue weighted by Gasteiger charge is -2.38. The summed E-state index contributed by atoms with van der Waals surface area (Å²) in [6.45, 7) is 3.63. The number of hydrogen-bond acceptors (Lipinski definition) is 3. The van der Waals surface area contributed by atoms with Crippen molar-refractivity contribution in [3.63, 3.8) is 0 Å². The van der Waals surface area contributed by atoms with Crippen LogP contribution in [0.25, 0.3) is 0 Å². The number of nitrogens with zero attached hydrogens (tertiary/aromatic N) is 1. The van der Waals surface area contributed by atoms with Gasteiger partial charge in [-0.05, 0) is 37.4 Å². The summed E-state index contributed by atoms with van der Waals surface area (Å²) in [5.74, 6) is -1.26. The van der Waals surface area contributed by atoms with Gasteiger partial charge in [-0.2, -0.15) is 0 Å². The molecule has 1 amide bonds. The van der Waals surface area contributed by atoms with Crippen molar-refractivity contribution in [3.05, 3.63) is 29.8 Å². The van der Waals surface area contributed by atoms with Crippen molar-refractivity contribution in [2.24, 2.45) is 11.7 Å². The minimum absolute atomic E-state index is 0.131. The Morgan fingerprint density at radius 2 is 2.05 bits per heavy atom. The van der Waals surface area contributed by atoms with E-state index in [0.29, 0.717) is 12.5 Å². The van der Waals surface area contributed by atoms with Gasteiger partial charge >= 0.3 is 0 Å². The molecule has 1 saturated heterocycles. The van der Waals surface area contributed by atoms with Gasteiger partial charge in [-0.3, -0.25) is 9.69 Å². The maximum absolute atomic E-state index is 13.1. The molecule has 2 unspecified atom stereocenters. The third kappa shape index (κ3) is 4.22. The van der Waals surface area contributed by atoms with Crippen LogP contribution in [0.5, 0.6) is 0 Å². The summed E-state index contributed by atoms with van der Waals surface area (Å²) in [5.41, 5.74) is 5.91. The second kappa shape index (κ2) is 6.95. The van der Waals surface area contributed by atoms with Crippen molar-refractivity contribution in [3.8, 4) is 0 Å². The predicted molar refractivity (Wildman–Crippen MR) is 77.8 cm³/mol. The van der Waals surface area contributed by atoms with Crippen LogP contribution in [0.2, 0.25) is 0 Å². The fraction of sp³-hybridized carbons (Fsp3) is 0.533. The highest BCUT2D eigenvalue weighted by Crippen LogP contribution is 2.22. The molecule has 0 bridgehead atoms. The molecule has 4 nitrogen and oxygen atoms in total. The van der Waals surface area contributed by atoms with Crippen molar-refractivity contribution in [1.29, 1.82) is 0 Å². The van der Waals surface area contributed by atoms with Gasteiger partial charge in [0.15, 0.2) is 0 Å². The molecule has 1 aromatic carbocycles. The maximum atomic E-state index is 13.1. The van der Waals surface area contributed by atoms with E-state index in [1.807, 2.05) is 4.90 Å². The predicted octanol–water partition coefficient (Wildman–Crippen LogP) is 1.96. The number of amides is 1. The van der Waals surface area contributed by atoms with E-state index in [1.54, 1.807) is 0 Å². The quantitative estimate of drug-likeness (QED) is 0.893. The summed E-state index contributed by atoms with van der Waals surface area (Å²) in [6.07, 6.45) is 2.13.